The maximum absolute atomic E-state index is 8.55. The quantitative estimate of drug-likeness (QED) is 0.745. The monoisotopic (exact) mass is 241 g/mol. The van der Waals surface area contributed by atoms with Crippen LogP contribution in [-0.4, -0.2) is 5.33 Å². The van der Waals surface area contributed by atoms with Gasteiger partial charge in [0.25, 0.3) is 0 Å². The number of halogens is 1. The first kappa shape index (κ1) is 9.50. The third kappa shape index (κ3) is 2.80. The largest absolute Gasteiger partial charge is 0.192 e. The van der Waals surface area contributed by atoms with Gasteiger partial charge in [0.15, 0.2) is 0 Å². The number of nitrogens with zero attached hydrogens (tertiary/aromatic N) is 1. The summed E-state index contributed by atoms with van der Waals surface area (Å²) in [4.78, 5) is 0.772. The van der Waals surface area contributed by atoms with Crippen LogP contribution in [0.4, 0.5) is 0 Å². The molecule has 0 spiro atoms. The molecule has 0 atom stereocenters. The minimum Gasteiger partial charge on any atom is -0.192 e. The zero-order chi connectivity index (χ0) is 8.81. The molecular weight excluding hydrogens is 234 g/mol. The number of thiophene rings is 1. The lowest BCUT2D eigenvalue weighted by Crippen LogP contribution is -1.66. The highest BCUT2D eigenvalue weighted by Crippen LogP contribution is 2.14. The third-order valence-corrected chi connectivity index (χ3v) is 2.63. The maximum Gasteiger partial charge on any atom is 0.110 e. The van der Waals surface area contributed by atoms with E-state index in [0.29, 0.717) is 0 Å². The van der Waals surface area contributed by atoms with E-state index >= 15 is 0 Å². The van der Waals surface area contributed by atoms with Crippen LogP contribution in [-0.2, 0) is 0 Å². The van der Waals surface area contributed by atoms with E-state index in [9.17, 15) is 0 Å². The zero-order valence-corrected chi connectivity index (χ0v) is 8.86. The normalized spacial score (nSPS) is 10.3. The van der Waals surface area contributed by atoms with Gasteiger partial charge in [0, 0.05) is 5.33 Å². The molecule has 0 aliphatic rings. The summed E-state index contributed by atoms with van der Waals surface area (Å²) in [5, 5.41) is 11.5. The zero-order valence-electron chi connectivity index (χ0n) is 6.46. The SMILES string of the molecule is N#Cc1cc(C=CCCBr)cs1. The fraction of sp³-hybridized carbons (Fsp3) is 0.222. The van der Waals surface area contributed by atoms with Gasteiger partial charge in [0.05, 0.1) is 0 Å². The van der Waals surface area contributed by atoms with Crippen molar-refractivity contribution in [1.82, 2.24) is 0 Å². The van der Waals surface area contributed by atoms with Crippen LogP contribution in [0, 0.1) is 11.3 Å². The van der Waals surface area contributed by atoms with E-state index in [1.807, 2.05) is 17.5 Å². The number of allylic oxidation sites excluding steroid dienone is 1. The second-order valence-corrected chi connectivity index (χ2v) is 3.94. The maximum atomic E-state index is 8.55. The first-order valence-electron chi connectivity index (χ1n) is 3.58. The second-order valence-electron chi connectivity index (χ2n) is 2.24. The summed E-state index contributed by atoms with van der Waals surface area (Å²) in [7, 11) is 0. The number of hydrogen-bond donors (Lipinski definition) is 0. The van der Waals surface area contributed by atoms with Crippen LogP contribution >= 0.6 is 27.3 Å². The van der Waals surface area contributed by atoms with Crippen LogP contribution < -0.4 is 0 Å². The lowest BCUT2D eigenvalue weighted by atomic mass is 10.3. The van der Waals surface area contributed by atoms with Crippen molar-refractivity contribution in [2.75, 3.05) is 5.33 Å². The number of nitriles is 1. The molecule has 0 unspecified atom stereocenters. The Morgan fingerprint density at radius 1 is 1.67 bits per heavy atom. The topological polar surface area (TPSA) is 23.8 Å². The van der Waals surface area contributed by atoms with E-state index in [1.165, 1.54) is 11.3 Å². The molecule has 0 aromatic carbocycles. The molecule has 0 saturated carbocycles. The molecule has 1 heterocycles. The van der Waals surface area contributed by atoms with Crippen molar-refractivity contribution >= 4 is 33.3 Å². The van der Waals surface area contributed by atoms with Gasteiger partial charge in [-0.05, 0) is 23.4 Å². The Hall–Kier alpha value is -0.590. The molecule has 0 N–H and O–H groups in total. The molecule has 0 aliphatic carbocycles. The van der Waals surface area contributed by atoms with Gasteiger partial charge in [0.1, 0.15) is 10.9 Å². The van der Waals surface area contributed by atoms with Crippen molar-refractivity contribution in [3.8, 4) is 6.07 Å². The van der Waals surface area contributed by atoms with Crippen LogP contribution in [0.5, 0.6) is 0 Å². The highest BCUT2D eigenvalue weighted by atomic mass is 79.9. The number of hydrogen-bond acceptors (Lipinski definition) is 2. The van der Waals surface area contributed by atoms with Gasteiger partial charge in [-0.3, -0.25) is 0 Å². The summed E-state index contributed by atoms with van der Waals surface area (Å²) in [6.07, 6.45) is 5.16. The number of alkyl halides is 1. The second kappa shape index (κ2) is 5.13. The number of rotatable bonds is 3. The minimum atomic E-state index is 0.772. The van der Waals surface area contributed by atoms with Gasteiger partial charge < -0.3 is 0 Å². The van der Waals surface area contributed by atoms with Crippen LogP contribution in [0.2, 0.25) is 0 Å². The van der Waals surface area contributed by atoms with Crippen molar-refractivity contribution in [2.24, 2.45) is 0 Å². The Balaban J connectivity index is 2.59. The van der Waals surface area contributed by atoms with E-state index in [4.69, 9.17) is 5.26 Å². The molecule has 0 fully saturated rings. The summed E-state index contributed by atoms with van der Waals surface area (Å²) in [6, 6.07) is 4.01. The molecule has 62 valence electrons. The van der Waals surface area contributed by atoms with Crippen molar-refractivity contribution in [3.63, 3.8) is 0 Å². The lowest BCUT2D eigenvalue weighted by Gasteiger charge is -1.82. The Kier molecular flexibility index (Phi) is 4.06. The molecule has 1 rings (SSSR count). The average molecular weight is 242 g/mol. The Morgan fingerprint density at radius 2 is 2.50 bits per heavy atom. The Bertz CT molecular complexity index is 309. The Morgan fingerprint density at radius 3 is 3.08 bits per heavy atom. The highest BCUT2D eigenvalue weighted by Gasteiger charge is 1.93. The van der Waals surface area contributed by atoms with Gasteiger partial charge in [-0.1, -0.05) is 28.1 Å². The summed E-state index contributed by atoms with van der Waals surface area (Å²) in [5.74, 6) is 0. The third-order valence-electron chi connectivity index (χ3n) is 1.32. The minimum absolute atomic E-state index is 0.772. The van der Waals surface area contributed by atoms with Gasteiger partial charge in [-0.2, -0.15) is 5.26 Å². The Labute approximate surface area is 84.5 Å². The summed E-state index contributed by atoms with van der Waals surface area (Å²) in [6.45, 7) is 0. The van der Waals surface area contributed by atoms with Crippen molar-refractivity contribution in [3.05, 3.63) is 28.0 Å². The molecule has 1 nitrogen and oxygen atoms in total. The molecule has 12 heavy (non-hydrogen) atoms. The van der Waals surface area contributed by atoms with Gasteiger partial charge in [-0.25, -0.2) is 0 Å². The van der Waals surface area contributed by atoms with Crippen LogP contribution in [0.15, 0.2) is 17.5 Å². The molecule has 1 aromatic rings. The van der Waals surface area contributed by atoms with Gasteiger partial charge in [0.2, 0.25) is 0 Å². The molecule has 0 radical (unpaired) electrons. The molecule has 0 aliphatic heterocycles. The van der Waals surface area contributed by atoms with E-state index in [0.717, 1.165) is 22.2 Å². The summed E-state index contributed by atoms with van der Waals surface area (Å²) >= 11 is 4.82. The molecule has 0 saturated heterocycles. The first-order chi connectivity index (χ1) is 5.86. The van der Waals surface area contributed by atoms with Crippen molar-refractivity contribution in [2.45, 2.75) is 6.42 Å². The smallest absolute Gasteiger partial charge is 0.110 e. The molecule has 0 amide bonds. The fourth-order valence-electron chi connectivity index (χ4n) is 0.779. The summed E-state index contributed by atoms with van der Waals surface area (Å²) < 4.78 is 0. The van der Waals surface area contributed by atoms with Crippen LogP contribution in [0.1, 0.15) is 16.9 Å². The predicted octanol–water partition coefficient (Wildman–Crippen LogP) is 3.42. The van der Waals surface area contributed by atoms with E-state index < -0.39 is 0 Å². The highest BCUT2D eigenvalue weighted by molar-refractivity contribution is 9.09. The molecule has 0 bridgehead atoms. The van der Waals surface area contributed by atoms with Gasteiger partial charge in [-0.15, -0.1) is 11.3 Å². The molecular formula is C9H8BrNS. The standard InChI is InChI=1S/C9H8BrNS/c10-4-2-1-3-8-5-9(6-11)12-7-8/h1,3,5,7H,2,4H2. The van der Waals surface area contributed by atoms with Crippen molar-refractivity contribution in [1.29, 1.82) is 5.26 Å². The van der Waals surface area contributed by atoms with Crippen LogP contribution in [0.3, 0.4) is 0 Å². The van der Waals surface area contributed by atoms with Gasteiger partial charge >= 0.3 is 0 Å². The fourth-order valence-corrected chi connectivity index (χ4v) is 1.71. The first-order valence-corrected chi connectivity index (χ1v) is 5.58. The van der Waals surface area contributed by atoms with E-state index in [-0.39, 0.29) is 0 Å². The van der Waals surface area contributed by atoms with E-state index in [1.54, 1.807) is 0 Å². The molecule has 3 heteroatoms. The lowest BCUT2D eigenvalue weighted by molar-refractivity contribution is 1.27. The summed E-state index contributed by atoms with van der Waals surface area (Å²) in [5.41, 5.74) is 1.12. The average Bonchev–Trinajstić information content (AvgIpc) is 2.53. The van der Waals surface area contributed by atoms with Crippen LogP contribution in [0.25, 0.3) is 6.08 Å². The molecule has 1 aromatic heterocycles. The van der Waals surface area contributed by atoms with E-state index in [2.05, 4.69) is 28.1 Å². The predicted molar refractivity (Wildman–Crippen MR) is 56.5 cm³/mol. The van der Waals surface area contributed by atoms with Crippen molar-refractivity contribution < 1.29 is 0 Å².